The molecule has 0 spiro atoms. The summed E-state index contributed by atoms with van der Waals surface area (Å²) >= 11 is 0. The van der Waals surface area contributed by atoms with Gasteiger partial charge in [-0.1, -0.05) is 51.1 Å². The standard InChI is InChI=1S/C20H36NO4P/c1-8-24-26(22,25-9-2)20(6,16-19(3,4)5)21-18(15-23-7)17-13-11-10-12-14-17/h10-14,18,21H,8-9,15-16H2,1-7H3/t18-,20?/m0/s1. The van der Waals surface area contributed by atoms with E-state index in [-0.39, 0.29) is 11.5 Å². The Morgan fingerprint density at radius 2 is 1.58 bits per heavy atom. The molecule has 150 valence electrons. The van der Waals surface area contributed by atoms with E-state index in [9.17, 15) is 4.57 Å². The lowest BCUT2D eigenvalue weighted by Gasteiger charge is -2.42. The zero-order chi connectivity index (χ0) is 19.8. The van der Waals surface area contributed by atoms with E-state index in [0.717, 1.165) is 5.56 Å². The molecule has 5 nitrogen and oxygen atoms in total. The van der Waals surface area contributed by atoms with Gasteiger partial charge in [0.05, 0.1) is 25.9 Å². The Balaban J connectivity index is 3.31. The molecular formula is C20H36NO4P. The first-order valence-corrected chi connectivity index (χ1v) is 10.9. The van der Waals surface area contributed by atoms with Crippen LogP contribution < -0.4 is 5.32 Å². The SMILES string of the molecule is CCOP(=O)(OCC)C(C)(CC(C)(C)C)N[C@@H](COC)c1ccccc1. The Labute approximate surface area is 159 Å². The zero-order valence-corrected chi connectivity index (χ0v) is 18.3. The van der Waals surface area contributed by atoms with Crippen molar-refractivity contribution in [1.29, 1.82) is 0 Å². The first kappa shape index (κ1) is 23.3. The van der Waals surface area contributed by atoms with Crippen LogP contribution in [-0.2, 0) is 18.3 Å². The van der Waals surface area contributed by atoms with Crippen LogP contribution in [0.25, 0.3) is 0 Å². The van der Waals surface area contributed by atoms with Gasteiger partial charge in [0.15, 0.2) is 0 Å². The first-order chi connectivity index (χ1) is 12.1. The highest BCUT2D eigenvalue weighted by molar-refractivity contribution is 7.55. The molecule has 0 saturated carbocycles. The van der Waals surface area contributed by atoms with Crippen molar-refractivity contribution in [1.82, 2.24) is 5.32 Å². The van der Waals surface area contributed by atoms with Crippen molar-refractivity contribution >= 4 is 7.60 Å². The highest BCUT2D eigenvalue weighted by atomic mass is 31.2. The Morgan fingerprint density at radius 1 is 1.04 bits per heavy atom. The van der Waals surface area contributed by atoms with Crippen LogP contribution in [0.4, 0.5) is 0 Å². The molecule has 0 aromatic heterocycles. The smallest absolute Gasteiger partial charge is 0.350 e. The quantitative estimate of drug-likeness (QED) is 0.518. The predicted molar refractivity (Wildman–Crippen MR) is 108 cm³/mol. The summed E-state index contributed by atoms with van der Waals surface area (Å²) in [6.45, 7) is 13.1. The van der Waals surface area contributed by atoms with Gasteiger partial charge in [0, 0.05) is 7.11 Å². The van der Waals surface area contributed by atoms with Crippen LogP contribution in [0.5, 0.6) is 0 Å². The van der Waals surface area contributed by atoms with E-state index in [0.29, 0.717) is 26.2 Å². The van der Waals surface area contributed by atoms with Crippen molar-refractivity contribution < 1.29 is 18.3 Å². The molecule has 1 aromatic rings. The number of hydrogen-bond donors (Lipinski definition) is 1. The molecule has 0 fully saturated rings. The molecule has 0 aliphatic heterocycles. The average Bonchev–Trinajstić information content (AvgIpc) is 2.54. The van der Waals surface area contributed by atoms with Crippen LogP contribution in [-0.4, -0.2) is 32.2 Å². The van der Waals surface area contributed by atoms with Crippen molar-refractivity contribution in [3.63, 3.8) is 0 Å². The summed E-state index contributed by atoms with van der Waals surface area (Å²) in [6, 6.07) is 9.92. The second-order valence-corrected chi connectivity index (χ2v) is 10.4. The average molecular weight is 385 g/mol. The van der Waals surface area contributed by atoms with E-state index in [2.05, 4.69) is 26.1 Å². The molecular weight excluding hydrogens is 349 g/mol. The van der Waals surface area contributed by atoms with Crippen LogP contribution in [0.1, 0.15) is 59.6 Å². The fraction of sp³-hybridized carbons (Fsp3) is 0.700. The Bertz CT molecular complexity index is 563. The minimum atomic E-state index is -3.40. The van der Waals surface area contributed by atoms with E-state index >= 15 is 0 Å². The minimum absolute atomic E-state index is 0.0695. The molecule has 0 aliphatic rings. The molecule has 0 amide bonds. The third kappa shape index (κ3) is 6.47. The number of benzene rings is 1. The van der Waals surface area contributed by atoms with Crippen LogP contribution in [0.2, 0.25) is 0 Å². The van der Waals surface area contributed by atoms with Crippen molar-refractivity contribution in [2.75, 3.05) is 26.9 Å². The predicted octanol–water partition coefficient (Wildman–Crippen LogP) is 5.38. The summed E-state index contributed by atoms with van der Waals surface area (Å²) < 4.78 is 30.6. The maximum Gasteiger partial charge on any atom is 0.350 e. The van der Waals surface area contributed by atoms with Gasteiger partial charge in [-0.05, 0) is 38.2 Å². The minimum Gasteiger partial charge on any atom is -0.383 e. The molecule has 1 aromatic carbocycles. The number of rotatable bonds is 11. The van der Waals surface area contributed by atoms with E-state index in [1.54, 1.807) is 7.11 Å². The van der Waals surface area contributed by atoms with Crippen molar-refractivity contribution in [3.8, 4) is 0 Å². The van der Waals surface area contributed by atoms with Crippen LogP contribution >= 0.6 is 7.60 Å². The van der Waals surface area contributed by atoms with E-state index in [1.165, 1.54) is 0 Å². The number of hydrogen-bond acceptors (Lipinski definition) is 5. The fourth-order valence-corrected chi connectivity index (χ4v) is 5.68. The van der Waals surface area contributed by atoms with Gasteiger partial charge >= 0.3 is 7.60 Å². The fourth-order valence-electron chi connectivity index (χ4n) is 3.37. The zero-order valence-electron chi connectivity index (χ0n) is 17.4. The van der Waals surface area contributed by atoms with Gasteiger partial charge in [0.1, 0.15) is 5.28 Å². The molecule has 1 N–H and O–H groups in total. The third-order valence-corrected chi connectivity index (χ3v) is 6.79. The Morgan fingerprint density at radius 3 is 2.00 bits per heavy atom. The lowest BCUT2D eigenvalue weighted by atomic mass is 9.87. The highest BCUT2D eigenvalue weighted by Gasteiger charge is 2.50. The van der Waals surface area contributed by atoms with Crippen molar-refractivity contribution in [2.45, 2.75) is 59.3 Å². The summed E-state index contributed by atoms with van der Waals surface area (Å²) in [5, 5.41) is 2.73. The lowest BCUT2D eigenvalue weighted by Crippen LogP contribution is -2.48. The Kier molecular flexibility index (Phi) is 8.98. The van der Waals surface area contributed by atoms with Gasteiger partial charge in [-0.25, -0.2) is 0 Å². The molecule has 6 heteroatoms. The van der Waals surface area contributed by atoms with Gasteiger partial charge < -0.3 is 13.8 Å². The van der Waals surface area contributed by atoms with Gasteiger partial charge in [-0.15, -0.1) is 0 Å². The van der Waals surface area contributed by atoms with Crippen LogP contribution in [0.15, 0.2) is 30.3 Å². The highest BCUT2D eigenvalue weighted by Crippen LogP contribution is 2.62. The topological polar surface area (TPSA) is 56.8 Å². The van der Waals surface area contributed by atoms with E-state index in [4.69, 9.17) is 13.8 Å². The first-order valence-electron chi connectivity index (χ1n) is 9.31. The van der Waals surface area contributed by atoms with Crippen LogP contribution in [0.3, 0.4) is 0 Å². The van der Waals surface area contributed by atoms with E-state index in [1.807, 2.05) is 51.1 Å². The third-order valence-electron chi connectivity index (χ3n) is 4.10. The van der Waals surface area contributed by atoms with E-state index < -0.39 is 12.9 Å². The number of methoxy groups -OCH3 is 1. The molecule has 2 atom stereocenters. The van der Waals surface area contributed by atoms with Gasteiger partial charge in [-0.3, -0.25) is 9.88 Å². The van der Waals surface area contributed by atoms with Gasteiger partial charge in [0.25, 0.3) is 0 Å². The van der Waals surface area contributed by atoms with Gasteiger partial charge in [0.2, 0.25) is 0 Å². The van der Waals surface area contributed by atoms with Crippen LogP contribution in [0, 0.1) is 5.41 Å². The maximum absolute atomic E-state index is 13.7. The van der Waals surface area contributed by atoms with Crippen molar-refractivity contribution in [3.05, 3.63) is 35.9 Å². The molecule has 0 saturated heterocycles. The summed E-state index contributed by atoms with van der Waals surface area (Å²) in [7, 11) is -1.73. The Hall–Kier alpha value is -0.710. The molecule has 26 heavy (non-hydrogen) atoms. The molecule has 0 aliphatic carbocycles. The molecule has 0 heterocycles. The van der Waals surface area contributed by atoms with Crippen molar-refractivity contribution in [2.24, 2.45) is 5.41 Å². The second-order valence-electron chi connectivity index (χ2n) is 7.91. The number of ether oxygens (including phenoxy) is 1. The monoisotopic (exact) mass is 385 g/mol. The molecule has 1 rings (SSSR count). The number of nitrogens with one attached hydrogen (secondary N) is 1. The normalized spacial score (nSPS) is 16.3. The molecule has 0 radical (unpaired) electrons. The van der Waals surface area contributed by atoms with Gasteiger partial charge in [-0.2, -0.15) is 0 Å². The summed E-state index contributed by atoms with van der Waals surface area (Å²) in [5.41, 5.74) is 1.01. The summed E-state index contributed by atoms with van der Waals surface area (Å²) in [4.78, 5) is 0. The lowest BCUT2D eigenvalue weighted by molar-refractivity contribution is 0.128. The largest absolute Gasteiger partial charge is 0.383 e. The second kappa shape index (κ2) is 10.0. The molecule has 1 unspecified atom stereocenters. The maximum atomic E-state index is 13.7. The summed E-state index contributed by atoms with van der Waals surface area (Å²) in [5.74, 6) is 0. The molecule has 0 bridgehead atoms. The summed E-state index contributed by atoms with van der Waals surface area (Å²) in [6.07, 6.45) is 0.629.